The molecule has 2 aromatic rings. The Labute approximate surface area is 106 Å². The Balaban J connectivity index is 1.81. The van der Waals surface area contributed by atoms with Crippen LogP contribution < -0.4 is 5.32 Å². The fraction of sp³-hybridized carbons (Fsp3) is 0.462. The van der Waals surface area contributed by atoms with E-state index >= 15 is 0 Å². The van der Waals surface area contributed by atoms with Crippen LogP contribution in [0.3, 0.4) is 0 Å². The summed E-state index contributed by atoms with van der Waals surface area (Å²) in [6.45, 7) is 5.22. The molecule has 0 amide bonds. The molecule has 1 aromatic heterocycles. The average Bonchev–Trinajstić information content (AvgIpc) is 2.91. The first-order valence-corrected chi connectivity index (χ1v) is 6.20. The van der Waals surface area contributed by atoms with Crippen molar-refractivity contribution in [3.05, 3.63) is 41.2 Å². The van der Waals surface area contributed by atoms with Crippen molar-refractivity contribution in [3.63, 3.8) is 0 Å². The summed E-state index contributed by atoms with van der Waals surface area (Å²) in [4.78, 5) is 0. The van der Waals surface area contributed by atoms with E-state index < -0.39 is 0 Å². The van der Waals surface area contributed by atoms with Crippen molar-refractivity contribution in [1.82, 2.24) is 25.9 Å². The number of rotatable bonds is 3. The van der Waals surface area contributed by atoms with E-state index in [4.69, 9.17) is 0 Å². The third-order valence-corrected chi connectivity index (χ3v) is 3.65. The predicted molar refractivity (Wildman–Crippen MR) is 67.7 cm³/mol. The van der Waals surface area contributed by atoms with E-state index in [0.29, 0.717) is 18.4 Å². The molecule has 1 aliphatic carbocycles. The first-order chi connectivity index (χ1) is 8.67. The van der Waals surface area contributed by atoms with Crippen LogP contribution in [0.1, 0.15) is 36.8 Å². The molecule has 1 atom stereocenters. The summed E-state index contributed by atoms with van der Waals surface area (Å²) in [5.41, 5.74) is 3.05. The third kappa shape index (κ3) is 1.90. The molecule has 1 aliphatic rings. The summed E-state index contributed by atoms with van der Waals surface area (Å²) < 4.78 is 0. The summed E-state index contributed by atoms with van der Waals surface area (Å²) >= 11 is 0. The van der Waals surface area contributed by atoms with Crippen molar-refractivity contribution in [2.75, 3.05) is 0 Å². The van der Waals surface area contributed by atoms with E-state index in [-0.39, 0.29) is 5.41 Å². The highest BCUT2D eigenvalue weighted by molar-refractivity contribution is 5.37. The standard InChI is InChI=1S/C13H17N5/c1-13(2)7-9-5-3-4-6-10(9)12(13)14-8-11-15-17-18-16-11/h3-6,12,14H,7-8H2,1-2H3,(H,15,16,17,18). The van der Waals surface area contributed by atoms with Crippen molar-refractivity contribution in [2.45, 2.75) is 32.9 Å². The minimum Gasteiger partial charge on any atom is -0.302 e. The quantitative estimate of drug-likeness (QED) is 0.859. The maximum atomic E-state index is 3.97. The summed E-state index contributed by atoms with van der Waals surface area (Å²) in [6.07, 6.45) is 1.10. The normalized spacial score (nSPS) is 20.9. The number of tetrazole rings is 1. The molecular weight excluding hydrogens is 226 g/mol. The zero-order valence-corrected chi connectivity index (χ0v) is 10.6. The number of H-pyrrole nitrogens is 1. The molecule has 2 N–H and O–H groups in total. The molecule has 0 radical (unpaired) electrons. The maximum Gasteiger partial charge on any atom is 0.188 e. The molecule has 0 aliphatic heterocycles. The van der Waals surface area contributed by atoms with Gasteiger partial charge < -0.3 is 5.32 Å². The SMILES string of the molecule is CC1(C)Cc2ccccc2C1NCc1nn[nH]n1. The molecule has 0 fully saturated rings. The maximum absolute atomic E-state index is 3.97. The van der Waals surface area contributed by atoms with Gasteiger partial charge in [-0.15, -0.1) is 10.2 Å². The summed E-state index contributed by atoms with van der Waals surface area (Å²) in [5, 5.41) is 17.5. The first kappa shape index (κ1) is 11.3. The average molecular weight is 243 g/mol. The number of nitrogens with zero attached hydrogens (tertiary/aromatic N) is 3. The number of aromatic amines is 1. The van der Waals surface area contributed by atoms with Gasteiger partial charge in [-0.3, -0.25) is 0 Å². The van der Waals surface area contributed by atoms with Crippen LogP contribution in [0, 0.1) is 5.41 Å². The number of fused-ring (bicyclic) bond motifs is 1. The van der Waals surface area contributed by atoms with Crippen LogP contribution in [-0.4, -0.2) is 20.6 Å². The van der Waals surface area contributed by atoms with Crippen LogP contribution in [0.4, 0.5) is 0 Å². The number of hydrogen-bond donors (Lipinski definition) is 2. The van der Waals surface area contributed by atoms with Crippen molar-refractivity contribution >= 4 is 0 Å². The second-order valence-corrected chi connectivity index (χ2v) is 5.51. The first-order valence-electron chi connectivity index (χ1n) is 6.20. The molecule has 1 aromatic carbocycles. The van der Waals surface area contributed by atoms with E-state index in [1.165, 1.54) is 11.1 Å². The second-order valence-electron chi connectivity index (χ2n) is 5.51. The molecule has 5 nitrogen and oxygen atoms in total. The van der Waals surface area contributed by atoms with Gasteiger partial charge in [0.1, 0.15) is 0 Å². The lowest BCUT2D eigenvalue weighted by atomic mass is 9.85. The summed E-state index contributed by atoms with van der Waals surface area (Å²) in [6, 6.07) is 8.97. The third-order valence-electron chi connectivity index (χ3n) is 3.65. The Morgan fingerprint density at radius 2 is 2.22 bits per heavy atom. The lowest BCUT2D eigenvalue weighted by molar-refractivity contribution is 0.266. The van der Waals surface area contributed by atoms with Gasteiger partial charge in [0.05, 0.1) is 6.54 Å². The Morgan fingerprint density at radius 3 is 3.00 bits per heavy atom. The molecule has 5 heteroatoms. The van der Waals surface area contributed by atoms with Crippen molar-refractivity contribution in [2.24, 2.45) is 5.41 Å². The van der Waals surface area contributed by atoms with Crippen LogP contribution >= 0.6 is 0 Å². The number of benzene rings is 1. The molecule has 0 saturated heterocycles. The van der Waals surface area contributed by atoms with Crippen LogP contribution in [0.2, 0.25) is 0 Å². The smallest absolute Gasteiger partial charge is 0.188 e. The zero-order chi connectivity index (χ0) is 12.6. The predicted octanol–water partition coefficient (Wildman–Crippen LogP) is 1.61. The van der Waals surface area contributed by atoms with E-state index in [1.807, 2.05) is 0 Å². The zero-order valence-electron chi connectivity index (χ0n) is 10.6. The Kier molecular flexibility index (Phi) is 2.63. The lowest BCUT2D eigenvalue weighted by Gasteiger charge is -2.28. The molecular formula is C13H17N5. The van der Waals surface area contributed by atoms with Crippen molar-refractivity contribution in [3.8, 4) is 0 Å². The molecule has 94 valence electrons. The lowest BCUT2D eigenvalue weighted by Crippen LogP contribution is -2.31. The molecule has 0 bridgehead atoms. The van der Waals surface area contributed by atoms with E-state index in [0.717, 1.165) is 6.42 Å². The summed E-state index contributed by atoms with van der Waals surface area (Å²) in [7, 11) is 0. The molecule has 3 rings (SSSR count). The van der Waals surface area contributed by atoms with Crippen LogP contribution in [0.25, 0.3) is 0 Å². The summed E-state index contributed by atoms with van der Waals surface area (Å²) in [5.74, 6) is 0.704. The number of nitrogens with one attached hydrogen (secondary N) is 2. The highest BCUT2D eigenvalue weighted by atomic mass is 15.5. The van der Waals surface area contributed by atoms with Gasteiger partial charge in [0.15, 0.2) is 5.82 Å². The van der Waals surface area contributed by atoms with Gasteiger partial charge in [0.25, 0.3) is 0 Å². The van der Waals surface area contributed by atoms with Gasteiger partial charge in [-0.1, -0.05) is 43.3 Å². The highest BCUT2D eigenvalue weighted by Gasteiger charge is 2.38. The van der Waals surface area contributed by atoms with Gasteiger partial charge in [0.2, 0.25) is 0 Å². The fourth-order valence-corrected chi connectivity index (χ4v) is 2.83. The topological polar surface area (TPSA) is 66.5 Å². The van der Waals surface area contributed by atoms with Crippen molar-refractivity contribution in [1.29, 1.82) is 0 Å². The number of aromatic nitrogens is 4. The Hall–Kier alpha value is -1.75. The van der Waals surface area contributed by atoms with Crippen LogP contribution in [0.15, 0.2) is 24.3 Å². The minimum atomic E-state index is 0.216. The van der Waals surface area contributed by atoms with E-state index in [1.54, 1.807) is 0 Å². The van der Waals surface area contributed by atoms with Gasteiger partial charge >= 0.3 is 0 Å². The van der Waals surface area contributed by atoms with Crippen molar-refractivity contribution < 1.29 is 0 Å². The van der Waals surface area contributed by atoms with Gasteiger partial charge in [0, 0.05) is 6.04 Å². The van der Waals surface area contributed by atoms with Gasteiger partial charge in [-0.05, 0) is 23.0 Å². The van der Waals surface area contributed by atoms with E-state index in [9.17, 15) is 0 Å². The second kappa shape index (κ2) is 4.17. The minimum absolute atomic E-state index is 0.216. The fourth-order valence-electron chi connectivity index (χ4n) is 2.83. The largest absolute Gasteiger partial charge is 0.302 e. The van der Waals surface area contributed by atoms with E-state index in [2.05, 4.69) is 64.1 Å². The highest BCUT2D eigenvalue weighted by Crippen LogP contribution is 2.44. The molecule has 0 spiro atoms. The monoisotopic (exact) mass is 243 g/mol. The van der Waals surface area contributed by atoms with Crippen LogP contribution in [0.5, 0.6) is 0 Å². The van der Waals surface area contributed by atoms with Crippen LogP contribution in [-0.2, 0) is 13.0 Å². The Morgan fingerprint density at radius 1 is 1.39 bits per heavy atom. The Bertz CT molecular complexity index is 532. The number of hydrogen-bond acceptors (Lipinski definition) is 4. The molecule has 1 unspecified atom stereocenters. The molecule has 0 saturated carbocycles. The van der Waals surface area contributed by atoms with Gasteiger partial charge in [-0.25, -0.2) is 0 Å². The molecule has 18 heavy (non-hydrogen) atoms. The van der Waals surface area contributed by atoms with Gasteiger partial charge in [-0.2, -0.15) is 5.21 Å². The molecule has 1 heterocycles.